The van der Waals surface area contributed by atoms with Gasteiger partial charge in [0.05, 0.1) is 7.11 Å². The zero-order valence-electron chi connectivity index (χ0n) is 11.5. The van der Waals surface area contributed by atoms with Crippen LogP contribution in [0.1, 0.15) is 31.2 Å². The fourth-order valence-corrected chi connectivity index (χ4v) is 3.26. The van der Waals surface area contributed by atoms with Crippen molar-refractivity contribution >= 4 is 11.6 Å². The molecule has 2 unspecified atom stereocenters. The van der Waals surface area contributed by atoms with Crippen molar-refractivity contribution in [1.82, 2.24) is 4.90 Å². The standard InChI is InChI=1S/C15H21ClFNO/c1-18(13-8-4-3-7-12(13)16)10-11-6-5-9-14(19-2)15(11)17/h5-6,9,12-13H,3-4,7-8,10H2,1-2H3. The minimum absolute atomic E-state index is 0.174. The first-order chi connectivity index (χ1) is 9.13. The Bertz CT molecular complexity index is 427. The molecule has 2 rings (SSSR count). The van der Waals surface area contributed by atoms with Crippen LogP contribution in [0.4, 0.5) is 4.39 Å². The molecule has 0 spiro atoms. The molecule has 1 saturated carbocycles. The molecule has 0 saturated heterocycles. The van der Waals surface area contributed by atoms with E-state index in [0.29, 0.717) is 23.9 Å². The van der Waals surface area contributed by atoms with Gasteiger partial charge in [0, 0.05) is 23.5 Å². The Hall–Kier alpha value is -0.800. The van der Waals surface area contributed by atoms with E-state index in [1.807, 2.05) is 13.1 Å². The predicted octanol–water partition coefficient (Wildman–Crippen LogP) is 3.82. The van der Waals surface area contributed by atoms with Crippen LogP contribution in [0.3, 0.4) is 0 Å². The van der Waals surface area contributed by atoms with Crippen LogP contribution in [-0.2, 0) is 6.54 Å². The lowest BCUT2D eigenvalue weighted by Gasteiger charge is -2.35. The van der Waals surface area contributed by atoms with E-state index in [4.69, 9.17) is 16.3 Å². The molecular weight excluding hydrogens is 265 g/mol. The number of alkyl halides is 1. The van der Waals surface area contributed by atoms with Crippen LogP contribution < -0.4 is 4.74 Å². The number of hydrogen-bond acceptors (Lipinski definition) is 2. The Morgan fingerprint density at radius 2 is 2.11 bits per heavy atom. The summed E-state index contributed by atoms with van der Waals surface area (Å²) >= 11 is 6.38. The van der Waals surface area contributed by atoms with E-state index in [-0.39, 0.29) is 11.2 Å². The Balaban J connectivity index is 2.08. The number of ether oxygens (including phenoxy) is 1. The molecular formula is C15H21ClFNO. The van der Waals surface area contributed by atoms with Crippen molar-refractivity contribution in [3.63, 3.8) is 0 Å². The number of rotatable bonds is 4. The molecule has 1 aromatic rings. The van der Waals surface area contributed by atoms with E-state index in [9.17, 15) is 4.39 Å². The fraction of sp³-hybridized carbons (Fsp3) is 0.600. The number of methoxy groups -OCH3 is 1. The van der Waals surface area contributed by atoms with Gasteiger partial charge in [-0.25, -0.2) is 4.39 Å². The van der Waals surface area contributed by atoms with Crippen molar-refractivity contribution in [2.45, 2.75) is 43.6 Å². The monoisotopic (exact) mass is 285 g/mol. The van der Waals surface area contributed by atoms with Crippen molar-refractivity contribution in [2.24, 2.45) is 0 Å². The number of hydrogen-bond donors (Lipinski definition) is 0. The van der Waals surface area contributed by atoms with Gasteiger partial charge in [0.1, 0.15) is 0 Å². The molecule has 19 heavy (non-hydrogen) atoms. The molecule has 2 nitrogen and oxygen atoms in total. The second-order valence-electron chi connectivity index (χ2n) is 5.22. The van der Waals surface area contributed by atoms with E-state index >= 15 is 0 Å². The lowest BCUT2D eigenvalue weighted by Crippen LogP contribution is -2.40. The van der Waals surface area contributed by atoms with Crippen molar-refractivity contribution in [1.29, 1.82) is 0 Å². The van der Waals surface area contributed by atoms with Gasteiger partial charge in [0.15, 0.2) is 11.6 Å². The Morgan fingerprint density at radius 1 is 1.37 bits per heavy atom. The maximum Gasteiger partial charge on any atom is 0.169 e. The lowest BCUT2D eigenvalue weighted by atomic mass is 9.93. The molecule has 1 aliphatic rings. The molecule has 0 aromatic heterocycles. The average molecular weight is 286 g/mol. The maximum absolute atomic E-state index is 14.1. The van der Waals surface area contributed by atoms with Gasteiger partial charge in [0.25, 0.3) is 0 Å². The molecule has 0 bridgehead atoms. The van der Waals surface area contributed by atoms with Crippen LogP contribution in [-0.4, -0.2) is 30.5 Å². The zero-order valence-corrected chi connectivity index (χ0v) is 12.3. The van der Waals surface area contributed by atoms with Crippen molar-refractivity contribution in [3.05, 3.63) is 29.6 Å². The van der Waals surface area contributed by atoms with Gasteiger partial charge in [-0.15, -0.1) is 11.6 Å². The van der Waals surface area contributed by atoms with Gasteiger partial charge < -0.3 is 4.74 Å². The first-order valence-electron chi connectivity index (χ1n) is 6.79. The quantitative estimate of drug-likeness (QED) is 0.780. The zero-order chi connectivity index (χ0) is 13.8. The van der Waals surface area contributed by atoms with Crippen LogP contribution >= 0.6 is 11.6 Å². The van der Waals surface area contributed by atoms with Gasteiger partial charge >= 0.3 is 0 Å². The molecule has 0 radical (unpaired) electrons. The Kier molecular flexibility index (Phi) is 5.06. The normalized spacial score (nSPS) is 23.6. The van der Waals surface area contributed by atoms with Gasteiger partial charge in [-0.05, 0) is 26.0 Å². The highest BCUT2D eigenvalue weighted by Gasteiger charge is 2.27. The molecule has 2 atom stereocenters. The summed E-state index contributed by atoms with van der Waals surface area (Å²) in [4.78, 5) is 2.16. The smallest absolute Gasteiger partial charge is 0.169 e. The van der Waals surface area contributed by atoms with Gasteiger partial charge in [-0.2, -0.15) is 0 Å². The first kappa shape index (κ1) is 14.6. The first-order valence-corrected chi connectivity index (χ1v) is 7.23. The van der Waals surface area contributed by atoms with E-state index in [2.05, 4.69) is 4.90 Å². The third kappa shape index (κ3) is 3.40. The average Bonchev–Trinajstić information content (AvgIpc) is 2.41. The second kappa shape index (κ2) is 6.58. The van der Waals surface area contributed by atoms with Crippen LogP contribution in [0, 0.1) is 5.82 Å². The van der Waals surface area contributed by atoms with Crippen molar-refractivity contribution in [3.8, 4) is 5.75 Å². The van der Waals surface area contributed by atoms with Crippen molar-refractivity contribution < 1.29 is 9.13 Å². The molecule has 1 fully saturated rings. The summed E-state index contributed by atoms with van der Waals surface area (Å²) in [5.41, 5.74) is 0.663. The van der Waals surface area contributed by atoms with Crippen molar-refractivity contribution in [2.75, 3.05) is 14.2 Å². The summed E-state index contributed by atoms with van der Waals surface area (Å²) in [6.45, 7) is 0.566. The van der Waals surface area contributed by atoms with Crippen LogP contribution in [0.5, 0.6) is 5.75 Å². The summed E-state index contributed by atoms with van der Waals surface area (Å²) in [5.74, 6) is 0.0377. The minimum Gasteiger partial charge on any atom is -0.494 e. The number of halogens is 2. The molecule has 0 heterocycles. The molecule has 0 aliphatic heterocycles. The number of nitrogens with zero attached hydrogens (tertiary/aromatic N) is 1. The third-order valence-electron chi connectivity index (χ3n) is 3.90. The second-order valence-corrected chi connectivity index (χ2v) is 5.78. The summed E-state index contributed by atoms with van der Waals surface area (Å²) < 4.78 is 19.1. The summed E-state index contributed by atoms with van der Waals surface area (Å²) in [7, 11) is 3.51. The SMILES string of the molecule is COc1cccc(CN(C)C2CCCCC2Cl)c1F. The van der Waals surface area contributed by atoms with E-state index in [1.54, 1.807) is 12.1 Å². The lowest BCUT2D eigenvalue weighted by molar-refractivity contribution is 0.186. The van der Waals surface area contributed by atoms with E-state index in [1.165, 1.54) is 20.0 Å². The molecule has 0 N–H and O–H groups in total. The molecule has 4 heteroatoms. The highest BCUT2D eigenvalue weighted by Crippen LogP contribution is 2.28. The molecule has 1 aliphatic carbocycles. The highest BCUT2D eigenvalue weighted by molar-refractivity contribution is 6.21. The summed E-state index contributed by atoms with van der Waals surface area (Å²) in [5, 5.41) is 0.174. The topological polar surface area (TPSA) is 12.5 Å². The van der Waals surface area contributed by atoms with Crippen LogP contribution in [0.2, 0.25) is 0 Å². The Labute approximate surface area is 119 Å². The summed E-state index contributed by atoms with van der Waals surface area (Å²) in [6.07, 6.45) is 4.55. The number of benzene rings is 1. The van der Waals surface area contributed by atoms with Gasteiger partial charge in [0.2, 0.25) is 0 Å². The maximum atomic E-state index is 14.1. The fourth-order valence-electron chi connectivity index (χ4n) is 2.78. The minimum atomic E-state index is -0.265. The van der Waals surface area contributed by atoms with E-state index < -0.39 is 0 Å². The van der Waals surface area contributed by atoms with Crippen LogP contribution in [0.15, 0.2) is 18.2 Å². The molecule has 106 valence electrons. The van der Waals surface area contributed by atoms with Gasteiger partial charge in [-0.3, -0.25) is 4.90 Å². The predicted molar refractivity (Wildman–Crippen MR) is 76.3 cm³/mol. The van der Waals surface area contributed by atoms with Crippen LogP contribution in [0.25, 0.3) is 0 Å². The van der Waals surface area contributed by atoms with E-state index in [0.717, 1.165) is 12.8 Å². The van der Waals surface area contributed by atoms with Gasteiger partial charge in [-0.1, -0.05) is 25.0 Å². The summed E-state index contributed by atoms with van der Waals surface area (Å²) in [6, 6.07) is 5.61. The molecule has 0 amide bonds. The third-order valence-corrected chi connectivity index (χ3v) is 4.41. The Morgan fingerprint density at radius 3 is 2.79 bits per heavy atom. The molecule has 1 aromatic carbocycles. The highest BCUT2D eigenvalue weighted by atomic mass is 35.5. The largest absolute Gasteiger partial charge is 0.494 e.